The highest BCUT2D eigenvalue weighted by molar-refractivity contribution is 6.29. The molecule has 1 aliphatic rings. The van der Waals surface area contributed by atoms with E-state index in [0.717, 1.165) is 24.7 Å². The van der Waals surface area contributed by atoms with Crippen LogP contribution in [-0.4, -0.2) is 23.1 Å². The van der Waals surface area contributed by atoms with E-state index in [-0.39, 0.29) is 5.41 Å². The van der Waals surface area contributed by atoms with Gasteiger partial charge in [-0.1, -0.05) is 51.6 Å². The Bertz CT molecular complexity index is 418. The molecule has 0 aliphatic carbocycles. The lowest BCUT2D eigenvalue weighted by molar-refractivity contribution is 0.533. The molecule has 0 amide bonds. The van der Waals surface area contributed by atoms with Crippen molar-refractivity contribution in [1.29, 1.82) is 0 Å². The van der Waals surface area contributed by atoms with Crippen LogP contribution < -0.4 is 4.90 Å². The van der Waals surface area contributed by atoms with Gasteiger partial charge in [0.25, 0.3) is 0 Å². The lowest BCUT2D eigenvalue weighted by atomic mass is 9.96. The highest BCUT2D eigenvalue weighted by atomic mass is 35.5. The number of nitrogens with zero attached hydrogens (tertiary/aromatic N) is 3. The van der Waals surface area contributed by atoms with Crippen LogP contribution in [0.1, 0.15) is 58.7 Å². The smallest absolute Gasteiger partial charge is 0.137 e. The largest absolute Gasteiger partial charge is 0.356 e. The summed E-state index contributed by atoms with van der Waals surface area (Å²) in [6.45, 7) is 8.52. The van der Waals surface area contributed by atoms with Gasteiger partial charge >= 0.3 is 0 Å². The second-order valence-corrected chi connectivity index (χ2v) is 6.76. The number of rotatable bonds is 1. The van der Waals surface area contributed by atoms with E-state index in [9.17, 15) is 0 Å². The summed E-state index contributed by atoms with van der Waals surface area (Å²) in [7, 11) is 0. The summed E-state index contributed by atoms with van der Waals surface area (Å²) in [6.07, 6.45) is 6.49. The maximum Gasteiger partial charge on any atom is 0.137 e. The van der Waals surface area contributed by atoms with Crippen LogP contribution in [0.2, 0.25) is 5.15 Å². The number of halogens is 1. The van der Waals surface area contributed by atoms with Crippen molar-refractivity contribution in [3.63, 3.8) is 0 Å². The summed E-state index contributed by atoms with van der Waals surface area (Å²) >= 11 is 6.17. The molecule has 1 fully saturated rings. The van der Waals surface area contributed by atoms with E-state index in [1.165, 1.54) is 32.1 Å². The van der Waals surface area contributed by atoms with Crippen LogP contribution in [0.25, 0.3) is 0 Å². The summed E-state index contributed by atoms with van der Waals surface area (Å²) < 4.78 is 0. The van der Waals surface area contributed by atoms with Crippen LogP contribution in [0.15, 0.2) is 6.07 Å². The second-order valence-electron chi connectivity index (χ2n) is 6.38. The Kier molecular flexibility index (Phi) is 4.67. The van der Waals surface area contributed by atoms with Gasteiger partial charge in [0.1, 0.15) is 16.8 Å². The van der Waals surface area contributed by atoms with E-state index in [2.05, 4.69) is 30.7 Å². The lowest BCUT2D eigenvalue weighted by Gasteiger charge is -2.27. The highest BCUT2D eigenvalue weighted by Crippen LogP contribution is 2.25. The van der Waals surface area contributed by atoms with Crippen molar-refractivity contribution in [2.45, 2.75) is 58.3 Å². The Balaban J connectivity index is 2.24. The number of anilines is 1. The molecule has 0 bridgehead atoms. The molecule has 0 unspecified atom stereocenters. The molecule has 19 heavy (non-hydrogen) atoms. The molecule has 4 heteroatoms. The van der Waals surface area contributed by atoms with Gasteiger partial charge in [-0.25, -0.2) is 9.97 Å². The summed E-state index contributed by atoms with van der Waals surface area (Å²) in [5, 5.41) is 0.553. The molecule has 0 saturated carbocycles. The molecule has 2 heterocycles. The first-order valence-electron chi connectivity index (χ1n) is 7.27. The molecule has 0 spiro atoms. The van der Waals surface area contributed by atoms with Crippen molar-refractivity contribution < 1.29 is 0 Å². The Morgan fingerprint density at radius 2 is 1.58 bits per heavy atom. The van der Waals surface area contributed by atoms with Gasteiger partial charge in [-0.15, -0.1) is 0 Å². The van der Waals surface area contributed by atoms with E-state index in [1.807, 2.05) is 6.07 Å². The molecule has 1 saturated heterocycles. The first kappa shape index (κ1) is 14.6. The van der Waals surface area contributed by atoms with E-state index >= 15 is 0 Å². The Morgan fingerprint density at radius 3 is 2.16 bits per heavy atom. The Hall–Kier alpha value is -0.830. The van der Waals surface area contributed by atoms with Gasteiger partial charge in [0.05, 0.1) is 0 Å². The van der Waals surface area contributed by atoms with Crippen LogP contribution in [0.3, 0.4) is 0 Å². The second kappa shape index (κ2) is 6.08. The maximum atomic E-state index is 6.17. The maximum absolute atomic E-state index is 6.17. The fourth-order valence-electron chi connectivity index (χ4n) is 2.38. The summed E-state index contributed by atoms with van der Waals surface area (Å²) in [5.74, 6) is 1.82. The van der Waals surface area contributed by atoms with E-state index in [4.69, 9.17) is 16.6 Å². The van der Waals surface area contributed by atoms with Crippen LogP contribution >= 0.6 is 11.6 Å². The van der Waals surface area contributed by atoms with Gasteiger partial charge in [-0.3, -0.25) is 0 Å². The van der Waals surface area contributed by atoms with Gasteiger partial charge in [0.2, 0.25) is 0 Å². The highest BCUT2D eigenvalue weighted by Gasteiger charge is 2.20. The average molecular weight is 282 g/mol. The third-order valence-electron chi connectivity index (χ3n) is 3.53. The van der Waals surface area contributed by atoms with Crippen molar-refractivity contribution >= 4 is 17.4 Å². The zero-order valence-corrected chi connectivity index (χ0v) is 13.0. The predicted molar refractivity (Wildman–Crippen MR) is 81.0 cm³/mol. The molecule has 0 radical (unpaired) electrons. The van der Waals surface area contributed by atoms with Crippen LogP contribution in [-0.2, 0) is 5.41 Å². The number of aromatic nitrogens is 2. The van der Waals surface area contributed by atoms with Crippen molar-refractivity contribution in [1.82, 2.24) is 9.97 Å². The van der Waals surface area contributed by atoms with Crippen LogP contribution in [0.4, 0.5) is 5.82 Å². The van der Waals surface area contributed by atoms with Crippen molar-refractivity contribution in [2.24, 2.45) is 0 Å². The first-order valence-corrected chi connectivity index (χ1v) is 7.64. The zero-order chi connectivity index (χ0) is 13.9. The fraction of sp³-hybridized carbons (Fsp3) is 0.733. The molecule has 0 atom stereocenters. The van der Waals surface area contributed by atoms with Gasteiger partial charge in [-0.2, -0.15) is 0 Å². The van der Waals surface area contributed by atoms with E-state index in [0.29, 0.717) is 5.15 Å². The van der Waals surface area contributed by atoms with Crippen molar-refractivity contribution in [2.75, 3.05) is 18.0 Å². The third-order valence-corrected chi connectivity index (χ3v) is 3.73. The van der Waals surface area contributed by atoms with Gasteiger partial charge < -0.3 is 4.90 Å². The van der Waals surface area contributed by atoms with Crippen molar-refractivity contribution in [3.05, 3.63) is 17.0 Å². The molecule has 0 aromatic carbocycles. The minimum absolute atomic E-state index is 0.0671. The molecule has 1 aromatic heterocycles. The normalized spacial score (nSPS) is 18.0. The molecule has 2 rings (SSSR count). The Labute approximate surface area is 121 Å². The molecular weight excluding hydrogens is 258 g/mol. The minimum Gasteiger partial charge on any atom is -0.356 e. The molecule has 3 nitrogen and oxygen atoms in total. The van der Waals surface area contributed by atoms with Crippen LogP contribution in [0.5, 0.6) is 0 Å². The average Bonchev–Trinajstić information content (AvgIpc) is 2.26. The lowest BCUT2D eigenvalue weighted by Crippen LogP contribution is -2.29. The minimum atomic E-state index is -0.0671. The first-order chi connectivity index (χ1) is 8.97. The number of hydrogen-bond donors (Lipinski definition) is 0. The topological polar surface area (TPSA) is 29.0 Å². The summed E-state index contributed by atoms with van der Waals surface area (Å²) in [6, 6.07) is 1.90. The SMILES string of the molecule is CC(C)(C)c1nc(Cl)cc(N2CCCCCCC2)n1. The monoisotopic (exact) mass is 281 g/mol. The molecule has 106 valence electrons. The molecule has 0 N–H and O–H groups in total. The van der Waals surface area contributed by atoms with E-state index in [1.54, 1.807) is 0 Å². The quantitative estimate of drug-likeness (QED) is 0.723. The molecule has 1 aliphatic heterocycles. The molecular formula is C15H24ClN3. The molecule has 1 aromatic rings. The zero-order valence-electron chi connectivity index (χ0n) is 12.2. The van der Waals surface area contributed by atoms with Gasteiger partial charge in [0, 0.05) is 24.6 Å². The third kappa shape index (κ3) is 4.07. The Morgan fingerprint density at radius 1 is 1.00 bits per heavy atom. The summed E-state index contributed by atoms with van der Waals surface area (Å²) in [5.41, 5.74) is -0.0671. The standard InChI is InChI=1S/C15H24ClN3/c1-15(2,3)14-17-12(16)11-13(18-14)19-9-7-5-4-6-8-10-19/h11H,4-10H2,1-3H3. The van der Waals surface area contributed by atoms with Gasteiger partial charge in [0.15, 0.2) is 0 Å². The predicted octanol–water partition coefficient (Wildman–Crippen LogP) is 4.20. The number of hydrogen-bond acceptors (Lipinski definition) is 3. The van der Waals surface area contributed by atoms with Gasteiger partial charge in [-0.05, 0) is 12.8 Å². The van der Waals surface area contributed by atoms with Crippen molar-refractivity contribution in [3.8, 4) is 0 Å². The van der Waals surface area contributed by atoms with Crippen LogP contribution in [0, 0.1) is 0 Å². The van der Waals surface area contributed by atoms with E-state index < -0.39 is 0 Å². The summed E-state index contributed by atoms with van der Waals surface area (Å²) in [4.78, 5) is 11.5. The fourth-order valence-corrected chi connectivity index (χ4v) is 2.56.